The molecule has 6 aromatic carbocycles. The molecule has 51 heavy (non-hydrogen) atoms. The van der Waals surface area contributed by atoms with Crippen LogP contribution in [0.5, 0.6) is 11.5 Å². The summed E-state index contributed by atoms with van der Waals surface area (Å²) < 4.78 is 6.59. The highest BCUT2D eigenvalue weighted by Crippen LogP contribution is 2.39. The van der Waals surface area contributed by atoms with Crippen LogP contribution in [0.25, 0.3) is 65.6 Å². The van der Waals surface area contributed by atoms with Crippen LogP contribution in [0.2, 0.25) is 0 Å². The van der Waals surface area contributed by atoms with Crippen molar-refractivity contribution in [3.05, 3.63) is 145 Å². The molecule has 2 aromatic heterocycles. The van der Waals surface area contributed by atoms with E-state index in [0.29, 0.717) is 0 Å². The van der Waals surface area contributed by atoms with Crippen molar-refractivity contribution in [1.29, 1.82) is 0 Å². The lowest BCUT2D eigenvalue weighted by Gasteiger charge is -2.20. The van der Waals surface area contributed by atoms with Crippen LogP contribution in [-0.2, 0) is 12.8 Å². The molecule has 252 valence electrons. The van der Waals surface area contributed by atoms with Gasteiger partial charge in [-0.3, -0.25) is 9.97 Å². The van der Waals surface area contributed by atoms with Gasteiger partial charge in [0.1, 0.15) is 11.5 Å². The molecule has 0 aliphatic carbocycles. The predicted octanol–water partition coefficient (Wildman–Crippen LogP) is 13.4. The fourth-order valence-corrected chi connectivity index (χ4v) is 7.64. The van der Waals surface area contributed by atoms with E-state index in [0.717, 1.165) is 46.9 Å². The quantitative estimate of drug-likeness (QED) is 0.166. The number of pyridine rings is 2. The van der Waals surface area contributed by atoms with Gasteiger partial charge in [0.2, 0.25) is 0 Å². The summed E-state index contributed by atoms with van der Waals surface area (Å²) in [6.45, 7) is 13.8. The second kappa shape index (κ2) is 12.7. The molecule has 8 rings (SSSR count). The van der Waals surface area contributed by atoms with Crippen molar-refractivity contribution in [2.45, 2.75) is 54.4 Å². The van der Waals surface area contributed by atoms with Gasteiger partial charge in [-0.15, -0.1) is 0 Å². The standard InChI is InChI=1S/C48H44N2O/c1-47(2,3)29-35-13-9-17-41-39(35)21-19-31-23-25-49-45(43(31)41)33-11-7-15-37(27-33)51-38-16-8-12-34(28-38)46-44-32(24-26-50-46)20-22-40-36(30-48(4,5)6)14-10-18-42(40)44/h7-28H,29-30H2,1-6H3. The van der Waals surface area contributed by atoms with E-state index in [1.54, 1.807) is 0 Å². The van der Waals surface area contributed by atoms with Gasteiger partial charge in [0.15, 0.2) is 0 Å². The number of benzene rings is 6. The Hall–Kier alpha value is -5.54. The van der Waals surface area contributed by atoms with Gasteiger partial charge in [0, 0.05) is 34.3 Å². The van der Waals surface area contributed by atoms with Gasteiger partial charge in [0.05, 0.1) is 11.4 Å². The Bertz CT molecular complexity index is 2410. The van der Waals surface area contributed by atoms with E-state index in [1.807, 2.05) is 24.5 Å². The molecule has 0 spiro atoms. The monoisotopic (exact) mass is 664 g/mol. The molecule has 0 saturated heterocycles. The first-order valence-electron chi connectivity index (χ1n) is 18.0. The van der Waals surface area contributed by atoms with E-state index in [-0.39, 0.29) is 10.8 Å². The second-order valence-corrected chi connectivity index (χ2v) is 16.3. The normalized spacial score (nSPS) is 12.3. The molecule has 0 aliphatic heterocycles. The Kier molecular flexibility index (Phi) is 8.10. The summed E-state index contributed by atoms with van der Waals surface area (Å²) in [6.07, 6.45) is 5.84. The van der Waals surface area contributed by atoms with Crippen LogP contribution in [0.1, 0.15) is 52.7 Å². The Balaban J connectivity index is 1.17. The minimum absolute atomic E-state index is 0.192. The van der Waals surface area contributed by atoms with Crippen LogP contribution in [0.4, 0.5) is 0 Å². The Labute approximate surface area is 301 Å². The first kappa shape index (κ1) is 32.7. The Morgan fingerprint density at radius 3 is 1.31 bits per heavy atom. The van der Waals surface area contributed by atoms with Crippen LogP contribution < -0.4 is 4.74 Å². The molecule has 0 saturated carbocycles. The van der Waals surface area contributed by atoms with Crippen molar-refractivity contribution in [2.24, 2.45) is 10.8 Å². The summed E-state index contributed by atoms with van der Waals surface area (Å²) in [5.41, 5.74) is 7.09. The van der Waals surface area contributed by atoms with Crippen molar-refractivity contribution < 1.29 is 4.74 Å². The van der Waals surface area contributed by atoms with Gasteiger partial charge in [0.25, 0.3) is 0 Å². The number of fused-ring (bicyclic) bond motifs is 6. The van der Waals surface area contributed by atoms with E-state index < -0.39 is 0 Å². The topological polar surface area (TPSA) is 35.0 Å². The molecule has 3 heteroatoms. The lowest BCUT2D eigenvalue weighted by molar-refractivity contribution is 0.412. The number of aromatic nitrogens is 2. The van der Waals surface area contributed by atoms with Gasteiger partial charge in [-0.2, -0.15) is 0 Å². The summed E-state index contributed by atoms with van der Waals surface area (Å²) in [5, 5.41) is 9.75. The molecule has 0 unspecified atom stereocenters. The zero-order valence-corrected chi connectivity index (χ0v) is 30.4. The molecule has 0 bridgehead atoms. The number of rotatable bonds is 6. The molecular formula is C48H44N2O. The molecule has 0 N–H and O–H groups in total. The third-order valence-electron chi connectivity index (χ3n) is 9.65. The smallest absolute Gasteiger partial charge is 0.128 e. The van der Waals surface area contributed by atoms with Crippen LogP contribution in [0.15, 0.2) is 134 Å². The van der Waals surface area contributed by atoms with Crippen molar-refractivity contribution in [2.75, 3.05) is 0 Å². The van der Waals surface area contributed by atoms with Crippen molar-refractivity contribution in [1.82, 2.24) is 9.97 Å². The van der Waals surface area contributed by atoms with Crippen molar-refractivity contribution in [3.63, 3.8) is 0 Å². The molecule has 0 atom stereocenters. The maximum atomic E-state index is 6.59. The number of nitrogens with zero attached hydrogens (tertiary/aromatic N) is 2. The fourth-order valence-electron chi connectivity index (χ4n) is 7.64. The van der Waals surface area contributed by atoms with Gasteiger partial charge in [-0.1, -0.05) is 126 Å². The summed E-state index contributed by atoms with van der Waals surface area (Å²) in [6, 6.07) is 43.2. The van der Waals surface area contributed by atoms with E-state index in [9.17, 15) is 0 Å². The van der Waals surface area contributed by atoms with Crippen molar-refractivity contribution >= 4 is 43.1 Å². The molecule has 0 aliphatic rings. The third-order valence-corrected chi connectivity index (χ3v) is 9.65. The lowest BCUT2D eigenvalue weighted by atomic mass is 9.85. The van der Waals surface area contributed by atoms with E-state index in [2.05, 4.69) is 151 Å². The molecule has 2 heterocycles. The summed E-state index contributed by atoms with van der Waals surface area (Å²) in [4.78, 5) is 9.90. The highest BCUT2D eigenvalue weighted by Gasteiger charge is 2.18. The molecule has 3 nitrogen and oxygen atoms in total. The third kappa shape index (κ3) is 6.57. The molecule has 8 aromatic rings. The second-order valence-electron chi connectivity index (χ2n) is 16.3. The van der Waals surface area contributed by atoms with Gasteiger partial charge >= 0.3 is 0 Å². The van der Waals surface area contributed by atoms with Gasteiger partial charge in [-0.05, 0) is 104 Å². The largest absolute Gasteiger partial charge is 0.457 e. The predicted molar refractivity (Wildman–Crippen MR) is 216 cm³/mol. The maximum absolute atomic E-state index is 6.59. The van der Waals surface area contributed by atoms with Crippen LogP contribution >= 0.6 is 0 Å². The van der Waals surface area contributed by atoms with Crippen LogP contribution in [-0.4, -0.2) is 9.97 Å². The zero-order valence-electron chi connectivity index (χ0n) is 30.4. The van der Waals surface area contributed by atoms with Crippen LogP contribution in [0, 0.1) is 10.8 Å². The highest BCUT2D eigenvalue weighted by atomic mass is 16.5. The van der Waals surface area contributed by atoms with E-state index >= 15 is 0 Å². The average molecular weight is 665 g/mol. The average Bonchev–Trinajstić information content (AvgIpc) is 3.10. The summed E-state index contributed by atoms with van der Waals surface area (Å²) in [5.74, 6) is 1.53. The maximum Gasteiger partial charge on any atom is 0.128 e. The summed E-state index contributed by atoms with van der Waals surface area (Å²) in [7, 11) is 0. The van der Waals surface area contributed by atoms with Crippen molar-refractivity contribution in [3.8, 4) is 34.0 Å². The Morgan fingerprint density at radius 2 is 0.882 bits per heavy atom. The molecular weight excluding hydrogens is 621 g/mol. The lowest BCUT2D eigenvalue weighted by Crippen LogP contribution is -2.09. The summed E-state index contributed by atoms with van der Waals surface area (Å²) >= 11 is 0. The highest BCUT2D eigenvalue weighted by molar-refractivity contribution is 6.15. The minimum Gasteiger partial charge on any atom is -0.457 e. The molecule has 0 fully saturated rings. The number of hydrogen-bond donors (Lipinski definition) is 0. The van der Waals surface area contributed by atoms with Crippen LogP contribution in [0.3, 0.4) is 0 Å². The fraction of sp³-hybridized carbons (Fsp3) is 0.208. The molecule has 0 radical (unpaired) electrons. The van der Waals surface area contributed by atoms with E-state index in [4.69, 9.17) is 14.7 Å². The van der Waals surface area contributed by atoms with Gasteiger partial charge < -0.3 is 4.74 Å². The van der Waals surface area contributed by atoms with E-state index in [1.165, 1.54) is 54.2 Å². The molecule has 0 amide bonds. The SMILES string of the molecule is CC(C)(C)Cc1cccc2c1ccc1ccnc(-c3cccc(Oc4cccc(-c5nccc6ccc7c(CC(C)(C)C)cccc7c56)c4)c3)c12. The Morgan fingerprint density at radius 1 is 0.451 bits per heavy atom. The van der Waals surface area contributed by atoms with Gasteiger partial charge in [-0.25, -0.2) is 0 Å². The first-order chi connectivity index (χ1) is 24.5. The number of ether oxygens (including phenoxy) is 1. The first-order valence-corrected chi connectivity index (χ1v) is 18.0. The zero-order chi connectivity index (χ0) is 35.3. The minimum atomic E-state index is 0.192. The number of hydrogen-bond acceptors (Lipinski definition) is 3.